The normalized spacial score (nSPS) is 11.2. The number of nitrogens with zero attached hydrogens (tertiary/aromatic N) is 1. The number of hydrogen-bond acceptors (Lipinski definition) is 1. The Morgan fingerprint density at radius 3 is 2.18 bits per heavy atom. The number of carbonyl (C=O) groups is 1. The third kappa shape index (κ3) is 7.07. The summed E-state index contributed by atoms with van der Waals surface area (Å²) < 4.78 is 0. The molecule has 0 saturated carbocycles. The number of carbonyl (C=O) groups excluding carboxylic acids is 1. The molecular formula is C14H28BrNO. The molecule has 0 aliphatic carbocycles. The third-order valence-electron chi connectivity index (χ3n) is 3.04. The average molecular weight is 306 g/mol. The summed E-state index contributed by atoms with van der Waals surface area (Å²) in [7, 11) is 0. The van der Waals surface area contributed by atoms with Crippen LogP contribution in [0, 0.1) is 5.92 Å². The Morgan fingerprint density at radius 2 is 1.76 bits per heavy atom. The maximum atomic E-state index is 12.2. The van der Waals surface area contributed by atoms with Crippen LogP contribution >= 0.6 is 15.9 Å². The second kappa shape index (κ2) is 9.93. The highest BCUT2D eigenvalue weighted by Crippen LogP contribution is 2.14. The lowest BCUT2D eigenvalue weighted by Crippen LogP contribution is -2.41. The van der Waals surface area contributed by atoms with Gasteiger partial charge in [0, 0.05) is 24.3 Å². The van der Waals surface area contributed by atoms with Gasteiger partial charge in [0.05, 0.1) is 0 Å². The summed E-state index contributed by atoms with van der Waals surface area (Å²) in [6.45, 7) is 9.61. The lowest BCUT2D eigenvalue weighted by atomic mass is 10.1. The van der Waals surface area contributed by atoms with Gasteiger partial charge in [-0.2, -0.15) is 0 Å². The summed E-state index contributed by atoms with van der Waals surface area (Å²) >= 11 is 3.41. The van der Waals surface area contributed by atoms with Crippen LogP contribution in [0.4, 0.5) is 0 Å². The molecule has 17 heavy (non-hydrogen) atoms. The molecule has 0 rings (SSSR count). The minimum atomic E-state index is 0.341. The minimum absolute atomic E-state index is 0.341. The van der Waals surface area contributed by atoms with Gasteiger partial charge in [0.2, 0.25) is 5.91 Å². The van der Waals surface area contributed by atoms with Crippen LogP contribution in [-0.4, -0.2) is 28.7 Å². The zero-order valence-corrected chi connectivity index (χ0v) is 13.4. The maximum absolute atomic E-state index is 12.2. The first-order valence-corrected chi connectivity index (χ1v) is 8.04. The van der Waals surface area contributed by atoms with Gasteiger partial charge in [-0.1, -0.05) is 43.6 Å². The lowest BCUT2D eigenvalue weighted by molar-refractivity contribution is -0.134. The fourth-order valence-corrected chi connectivity index (χ4v) is 2.49. The molecule has 0 radical (unpaired) electrons. The van der Waals surface area contributed by atoms with Crippen molar-refractivity contribution in [1.29, 1.82) is 0 Å². The molecular weight excluding hydrogens is 278 g/mol. The summed E-state index contributed by atoms with van der Waals surface area (Å²) in [5.74, 6) is 0.893. The lowest BCUT2D eigenvalue weighted by Gasteiger charge is -2.32. The molecule has 0 aromatic carbocycles. The van der Waals surface area contributed by atoms with Crippen LogP contribution in [0.25, 0.3) is 0 Å². The van der Waals surface area contributed by atoms with Gasteiger partial charge in [0.15, 0.2) is 0 Å². The SMILES string of the molecule is CCC(CC)N(CC(C)C)C(=O)CCCCBr. The van der Waals surface area contributed by atoms with Gasteiger partial charge in [-0.3, -0.25) is 4.79 Å². The van der Waals surface area contributed by atoms with Crippen LogP contribution < -0.4 is 0 Å². The van der Waals surface area contributed by atoms with E-state index in [0.29, 0.717) is 24.3 Å². The summed E-state index contributed by atoms with van der Waals surface area (Å²) in [6.07, 6.45) is 4.92. The zero-order valence-electron chi connectivity index (χ0n) is 11.8. The van der Waals surface area contributed by atoms with E-state index in [-0.39, 0.29) is 0 Å². The number of alkyl halides is 1. The number of halogens is 1. The molecule has 102 valence electrons. The summed E-state index contributed by atoms with van der Waals surface area (Å²) in [6, 6.07) is 0.425. The first-order chi connectivity index (χ1) is 8.06. The van der Waals surface area contributed by atoms with Gasteiger partial charge < -0.3 is 4.90 Å². The Kier molecular flexibility index (Phi) is 9.90. The molecule has 0 aromatic rings. The molecule has 0 saturated heterocycles. The highest BCUT2D eigenvalue weighted by molar-refractivity contribution is 9.09. The van der Waals surface area contributed by atoms with E-state index in [1.807, 2.05) is 0 Å². The topological polar surface area (TPSA) is 20.3 Å². The Bertz CT molecular complexity index is 202. The molecule has 1 amide bonds. The van der Waals surface area contributed by atoms with E-state index >= 15 is 0 Å². The van der Waals surface area contributed by atoms with E-state index in [1.54, 1.807) is 0 Å². The Labute approximate surface area is 115 Å². The molecule has 0 N–H and O–H groups in total. The van der Waals surface area contributed by atoms with Crippen molar-refractivity contribution in [2.24, 2.45) is 5.92 Å². The summed E-state index contributed by atoms with van der Waals surface area (Å²) in [4.78, 5) is 14.3. The highest BCUT2D eigenvalue weighted by atomic mass is 79.9. The molecule has 3 heteroatoms. The van der Waals surface area contributed by atoms with E-state index in [2.05, 4.69) is 48.5 Å². The van der Waals surface area contributed by atoms with Gasteiger partial charge in [0.25, 0.3) is 0 Å². The third-order valence-corrected chi connectivity index (χ3v) is 3.60. The Morgan fingerprint density at radius 1 is 1.18 bits per heavy atom. The predicted molar refractivity (Wildman–Crippen MR) is 78.6 cm³/mol. The molecule has 0 unspecified atom stereocenters. The van der Waals surface area contributed by atoms with Crippen molar-refractivity contribution in [3.8, 4) is 0 Å². The van der Waals surface area contributed by atoms with Crippen molar-refractivity contribution in [3.05, 3.63) is 0 Å². The number of unbranched alkanes of at least 4 members (excludes halogenated alkanes) is 1. The van der Waals surface area contributed by atoms with Gasteiger partial charge >= 0.3 is 0 Å². The van der Waals surface area contributed by atoms with Crippen LogP contribution in [0.15, 0.2) is 0 Å². The zero-order chi connectivity index (χ0) is 13.3. The molecule has 0 aromatic heterocycles. The first kappa shape index (κ1) is 16.9. The Balaban J connectivity index is 4.38. The van der Waals surface area contributed by atoms with Gasteiger partial charge in [-0.05, 0) is 31.6 Å². The van der Waals surface area contributed by atoms with E-state index in [1.165, 1.54) is 0 Å². The molecule has 0 fully saturated rings. The van der Waals surface area contributed by atoms with Crippen molar-refractivity contribution in [1.82, 2.24) is 4.90 Å². The minimum Gasteiger partial charge on any atom is -0.339 e. The van der Waals surface area contributed by atoms with Crippen LogP contribution in [0.5, 0.6) is 0 Å². The Hall–Kier alpha value is -0.0500. The van der Waals surface area contributed by atoms with Gasteiger partial charge in [-0.15, -0.1) is 0 Å². The standard InChI is InChI=1S/C14H28BrNO/c1-5-13(6-2)16(11-12(3)4)14(17)9-7-8-10-15/h12-13H,5-11H2,1-4H3. The van der Waals surface area contributed by atoms with Gasteiger partial charge in [-0.25, -0.2) is 0 Å². The quantitative estimate of drug-likeness (QED) is 0.461. The maximum Gasteiger partial charge on any atom is 0.222 e. The van der Waals surface area contributed by atoms with Crippen LogP contribution in [0.1, 0.15) is 59.8 Å². The molecule has 0 aliphatic heterocycles. The van der Waals surface area contributed by atoms with Crippen LogP contribution in [0.3, 0.4) is 0 Å². The van der Waals surface area contributed by atoms with E-state index in [4.69, 9.17) is 0 Å². The number of hydrogen-bond donors (Lipinski definition) is 0. The van der Waals surface area contributed by atoms with Crippen molar-refractivity contribution in [3.63, 3.8) is 0 Å². The largest absolute Gasteiger partial charge is 0.339 e. The van der Waals surface area contributed by atoms with Crippen LogP contribution in [-0.2, 0) is 4.79 Å². The van der Waals surface area contributed by atoms with E-state index in [9.17, 15) is 4.79 Å². The molecule has 2 nitrogen and oxygen atoms in total. The van der Waals surface area contributed by atoms with E-state index < -0.39 is 0 Å². The molecule has 0 aliphatic rings. The smallest absolute Gasteiger partial charge is 0.222 e. The molecule has 0 spiro atoms. The van der Waals surface area contributed by atoms with Crippen molar-refractivity contribution < 1.29 is 4.79 Å². The second-order valence-electron chi connectivity index (χ2n) is 5.06. The fourth-order valence-electron chi connectivity index (χ4n) is 2.09. The number of rotatable bonds is 9. The highest BCUT2D eigenvalue weighted by Gasteiger charge is 2.21. The van der Waals surface area contributed by atoms with Crippen LogP contribution in [0.2, 0.25) is 0 Å². The summed E-state index contributed by atoms with van der Waals surface area (Å²) in [5, 5.41) is 0.995. The number of amides is 1. The molecule has 0 heterocycles. The van der Waals surface area contributed by atoms with Crippen molar-refractivity contribution in [2.75, 3.05) is 11.9 Å². The monoisotopic (exact) mass is 305 g/mol. The second-order valence-corrected chi connectivity index (χ2v) is 5.85. The van der Waals surface area contributed by atoms with Crippen molar-refractivity contribution >= 4 is 21.8 Å². The molecule has 0 bridgehead atoms. The molecule has 0 atom stereocenters. The summed E-state index contributed by atoms with van der Waals surface area (Å²) in [5.41, 5.74) is 0. The van der Waals surface area contributed by atoms with Gasteiger partial charge in [0.1, 0.15) is 0 Å². The predicted octanol–water partition coefficient (Wildman–Crippen LogP) is 4.22. The fraction of sp³-hybridized carbons (Fsp3) is 0.929. The average Bonchev–Trinajstić information content (AvgIpc) is 2.29. The van der Waals surface area contributed by atoms with E-state index in [0.717, 1.165) is 37.6 Å². The first-order valence-electron chi connectivity index (χ1n) is 6.92. The van der Waals surface area contributed by atoms with Crippen molar-refractivity contribution in [2.45, 2.75) is 65.8 Å².